The summed E-state index contributed by atoms with van der Waals surface area (Å²) in [6.07, 6.45) is 6.08. The zero-order chi connectivity index (χ0) is 31.1. The van der Waals surface area contributed by atoms with E-state index in [0.29, 0.717) is 11.8 Å². The first-order valence-electron chi connectivity index (χ1n) is 16.3. The Kier molecular flexibility index (Phi) is 7.49. The zero-order valence-electron chi connectivity index (χ0n) is 27.0. The molecule has 0 amide bonds. The lowest BCUT2D eigenvalue weighted by atomic mass is 9.73. The molecule has 0 spiro atoms. The monoisotopic (exact) mass is 587 g/mol. The van der Waals surface area contributed by atoms with Crippen molar-refractivity contribution in [3.05, 3.63) is 150 Å². The van der Waals surface area contributed by atoms with E-state index >= 15 is 0 Å². The fourth-order valence-electron chi connectivity index (χ4n) is 7.23. The maximum atomic E-state index is 5.23. The first-order valence-corrected chi connectivity index (χ1v) is 16.3. The second-order valence-electron chi connectivity index (χ2n) is 13.4. The van der Waals surface area contributed by atoms with Crippen molar-refractivity contribution in [2.45, 2.75) is 52.9 Å². The zero-order valence-corrected chi connectivity index (χ0v) is 27.0. The third-order valence-electron chi connectivity index (χ3n) is 9.31. The van der Waals surface area contributed by atoms with Gasteiger partial charge in [0, 0.05) is 22.5 Å². The van der Waals surface area contributed by atoms with Crippen molar-refractivity contribution in [2.75, 3.05) is 0 Å². The number of para-hydroxylation sites is 1. The highest BCUT2D eigenvalue weighted by atomic mass is 15.0. The summed E-state index contributed by atoms with van der Waals surface area (Å²) in [6.45, 7) is 11.5. The van der Waals surface area contributed by atoms with Crippen LogP contribution in [0, 0.1) is 11.8 Å². The van der Waals surface area contributed by atoms with Gasteiger partial charge in [-0.2, -0.15) is 0 Å². The number of hydrogen-bond donors (Lipinski definition) is 0. The molecule has 3 aromatic heterocycles. The van der Waals surface area contributed by atoms with Gasteiger partial charge in [-0.05, 0) is 83.5 Å². The Morgan fingerprint density at radius 2 is 1.31 bits per heavy atom. The van der Waals surface area contributed by atoms with E-state index in [9.17, 15) is 0 Å². The molecule has 4 aromatic carbocycles. The fourth-order valence-corrected chi connectivity index (χ4v) is 7.23. The van der Waals surface area contributed by atoms with Gasteiger partial charge < -0.3 is 0 Å². The predicted octanol–water partition coefficient (Wildman–Crippen LogP) is 10.5. The van der Waals surface area contributed by atoms with Crippen LogP contribution in [0.15, 0.2) is 122 Å². The summed E-state index contributed by atoms with van der Waals surface area (Å²) in [7, 11) is 0. The van der Waals surface area contributed by atoms with Crippen LogP contribution < -0.4 is 0 Å². The van der Waals surface area contributed by atoms with Crippen molar-refractivity contribution in [2.24, 2.45) is 11.8 Å². The molecule has 0 aliphatic heterocycles. The second kappa shape index (κ2) is 11.6. The molecule has 0 aliphatic carbocycles. The standard InChI is InChI=1S/C42H41N3/c1-28(2)24-30-14-13-15-31(25-29(3)4)40(30)38-27-44-41-36-26-33(21-22-34(36)35-18-9-10-19-37(35)45(38)41)42(5,32-16-7-6-8-17-32)39-20-11-12-23-43-39/h6-23,26-29H,24-25H2,1-5H3. The summed E-state index contributed by atoms with van der Waals surface area (Å²) >= 11 is 0. The van der Waals surface area contributed by atoms with Crippen LogP contribution in [0.25, 0.3) is 38.6 Å². The molecule has 0 fully saturated rings. The molecule has 7 rings (SSSR count). The molecule has 1 atom stereocenters. The van der Waals surface area contributed by atoms with E-state index in [-0.39, 0.29) is 0 Å². The number of rotatable bonds is 8. The Morgan fingerprint density at radius 1 is 0.622 bits per heavy atom. The quantitative estimate of drug-likeness (QED) is 0.166. The number of pyridine rings is 2. The number of hydrogen-bond acceptors (Lipinski definition) is 2. The van der Waals surface area contributed by atoms with Gasteiger partial charge in [0.25, 0.3) is 0 Å². The number of aromatic nitrogens is 3. The minimum Gasteiger partial charge on any atom is -0.292 e. The highest BCUT2D eigenvalue weighted by molar-refractivity contribution is 6.12. The summed E-state index contributed by atoms with van der Waals surface area (Å²) in [6, 6.07) is 39.6. The van der Waals surface area contributed by atoms with E-state index in [4.69, 9.17) is 9.97 Å². The van der Waals surface area contributed by atoms with Gasteiger partial charge in [0.1, 0.15) is 5.65 Å². The van der Waals surface area contributed by atoms with E-state index in [2.05, 4.69) is 148 Å². The smallest absolute Gasteiger partial charge is 0.145 e. The van der Waals surface area contributed by atoms with Gasteiger partial charge in [0.05, 0.1) is 28.5 Å². The SMILES string of the molecule is CC(C)Cc1cccc(CC(C)C)c1-c1cnc2c3cc(C(C)(c4ccccc4)c4ccccn4)ccc3c3ccccc3n12. The maximum absolute atomic E-state index is 5.23. The van der Waals surface area contributed by atoms with Gasteiger partial charge in [-0.1, -0.05) is 113 Å². The van der Waals surface area contributed by atoms with Gasteiger partial charge in [0.15, 0.2) is 0 Å². The summed E-state index contributed by atoms with van der Waals surface area (Å²) in [4.78, 5) is 10.1. The van der Waals surface area contributed by atoms with Gasteiger partial charge in [-0.3, -0.25) is 9.38 Å². The van der Waals surface area contributed by atoms with Crippen molar-refractivity contribution in [3.8, 4) is 11.3 Å². The first kappa shape index (κ1) is 29.0. The normalized spacial score (nSPS) is 13.3. The molecular formula is C42H41N3. The molecule has 0 radical (unpaired) electrons. The third kappa shape index (κ3) is 5.01. The van der Waals surface area contributed by atoms with E-state index in [1.54, 1.807) is 0 Å². The van der Waals surface area contributed by atoms with E-state index < -0.39 is 5.41 Å². The van der Waals surface area contributed by atoms with Crippen LogP contribution in [0.3, 0.4) is 0 Å². The molecule has 224 valence electrons. The summed E-state index contributed by atoms with van der Waals surface area (Å²) in [5.74, 6) is 1.11. The average molecular weight is 588 g/mol. The van der Waals surface area contributed by atoms with E-state index in [1.807, 2.05) is 12.3 Å². The van der Waals surface area contributed by atoms with Gasteiger partial charge in [0.2, 0.25) is 0 Å². The number of fused-ring (bicyclic) bond motifs is 6. The Labute approximate surface area is 266 Å². The Hall–Kier alpha value is -4.76. The van der Waals surface area contributed by atoms with Gasteiger partial charge >= 0.3 is 0 Å². The van der Waals surface area contributed by atoms with Crippen LogP contribution in [-0.4, -0.2) is 14.4 Å². The molecule has 3 heterocycles. The topological polar surface area (TPSA) is 30.2 Å². The largest absolute Gasteiger partial charge is 0.292 e. The summed E-state index contributed by atoms with van der Waals surface area (Å²) in [5.41, 5.74) is 10.5. The highest BCUT2D eigenvalue weighted by Crippen LogP contribution is 2.42. The lowest BCUT2D eigenvalue weighted by Crippen LogP contribution is -2.26. The van der Waals surface area contributed by atoms with Crippen LogP contribution in [-0.2, 0) is 18.3 Å². The summed E-state index contributed by atoms with van der Waals surface area (Å²) in [5, 5.41) is 3.60. The van der Waals surface area contributed by atoms with Crippen LogP contribution in [0.4, 0.5) is 0 Å². The molecule has 3 nitrogen and oxygen atoms in total. The molecule has 1 unspecified atom stereocenters. The number of benzene rings is 4. The minimum absolute atomic E-state index is 0.441. The third-order valence-corrected chi connectivity index (χ3v) is 9.31. The minimum atomic E-state index is -0.441. The maximum Gasteiger partial charge on any atom is 0.145 e. The molecule has 0 saturated carbocycles. The van der Waals surface area contributed by atoms with Gasteiger partial charge in [-0.25, -0.2) is 4.98 Å². The molecule has 0 N–H and O–H groups in total. The van der Waals surface area contributed by atoms with E-state index in [1.165, 1.54) is 49.8 Å². The van der Waals surface area contributed by atoms with Crippen LogP contribution in [0.1, 0.15) is 62.6 Å². The number of nitrogens with zero attached hydrogens (tertiary/aromatic N) is 3. The van der Waals surface area contributed by atoms with Crippen LogP contribution in [0.2, 0.25) is 0 Å². The Balaban J connectivity index is 1.56. The van der Waals surface area contributed by atoms with Gasteiger partial charge in [-0.15, -0.1) is 0 Å². The lowest BCUT2D eigenvalue weighted by Gasteiger charge is -2.31. The highest BCUT2D eigenvalue weighted by Gasteiger charge is 2.33. The molecule has 0 saturated heterocycles. The Bertz CT molecular complexity index is 2050. The average Bonchev–Trinajstić information content (AvgIpc) is 3.50. The van der Waals surface area contributed by atoms with Crippen molar-refractivity contribution >= 4 is 27.3 Å². The molecule has 0 aliphatic rings. The first-order chi connectivity index (χ1) is 21.9. The Morgan fingerprint density at radius 3 is 2.00 bits per heavy atom. The molecular weight excluding hydrogens is 546 g/mol. The van der Waals surface area contributed by atoms with Crippen molar-refractivity contribution < 1.29 is 0 Å². The van der Waals surface area contributed by atoms with E-state index in [0.717, 1.165) is 29.6 Å². The molecule has 45 heavy (non-hydrogen) atoms. The molecule has 0 bridgehead atoms. The fraction of sp³-hybridized carbons (Fsp3) is 0.238. The van der Waals surface area contributed by atoms with Crippen molar-refractivity contribution in [3.63, 3.8) is 0 Å². The van der Waals surface area contributed by atoms with Crippen molar-refractivity contribution in [1.82, 2.24) is 14.4 Å². The molecule has 3 heteroatoms. The summed E-state index contributed by atoms with van der Waals surface area (Å²) < 4.78 is 2.42. The molecule has 7 aromatic rings. The van der Waals surface area contributed by atoms with Crippen molar-refractivity contribution in [1.29, 1.82) is 0 Å². The number of imidazole rings is 1. The van der Waals surface area contributed by atoms with Crippen LogP contribution >= 0.6 is 0 Å². The lowest BCUT2D eigenvalue weighted by molar-refractivity contribution is 0.637. The second-order valence-corrected chi connectivity index (χ2v) is 13.4. The van der Waals surface area contributed by atoms with Crippen LogP contribution in [0.5, 0.6) is 0 Å². The predicted molar refractivity (Wildman–Crippen MR) is 189 cm³/mol.